The maximum atomic E-state index is 11.7. The maximum absolute atomic E-state index is 11.7. The van der Waals surface area contributed by atoms with E-state index in [1.54, 1.807) is 18.3 Å². The van der Waals surface area contributed by atoms with E-state index in [1.807, 2.05) is 30.3 Å². The molecule has 2 rings (SSSR count). The van der Waals surface area contributed by atoms with E-state index in [4.69, 9.17) is 11.6 Å². The lowest BCUT2D eigenvalue weighted by atomic mass is 10.2. The minimum atomic E-state index is -0.215. The summed E-state index contributed by atoms with van der Waals surface area (Å²) < 4.78 is 0. The Morgan fingerprint density at radius 1 is 1.29 bits per heavy atom. The fraction of sp³-hybridized carbons (Fsp3) is 0.125. The van der Waals surface area contributed by atoms with Crippen LogP contribution in [0.5, 0.6) is 0 Å². The summed E-state index contributed by atoms with van der Waals surface area (Å²) in [4.78, 5) is 15.8. The Labute approximate surface area is 128 Å². The van der Waals surface area contributed by atoms with Crippen LogP contribution in [0.4, 0.5) is 5.69 Å². The number of carbonyl (C=O) groups excluding carboxylic acids is 1. The van der Waals surface area contributed by atoms with Crippen LogP contribution in [0.25, 0.3) is 0 Å². The molecule has 0 fully saturated rings. The normalized spacial score (nSPS) is 9.95. The summed E-state index contributed by atoms with van der Waals surface area (Å²) >= 11 is 6.09. The zero-order valence-electron chi connectivity index (χ0n) is 11.5. The van der Waals surface area contributed by atoms with Gasteiger partial charge in [0.25, 0.3) is 5.91 Å². The summed E-state index contributed by atoms with van der Waals surface area (Å²) in [6.07, 6.45) is 3.25. The summed E-state index contributed by atoms with van der Waals surface area (Å²) in [5.41, 5.74) is 2.21. The molecule has 1 aromatic heterocycles. The average Bonchev–Trinajstić information content (AvgIpc) is 2.52. The zero-order valence-corrected chi connectivity index (χ0v) is 12.2. The number of hydrogen-bond donors (Lipinski definition) is 2. The monoisotopic (exact) mass is 301 g/mol. The number of nitrogens with one attached hydrogen (secondary N) is 2. The molecular weight excluding hydrogens is 286 g/mol. The third kappa shape index (κ3) is 4.33. The molecule has 0 aliphatic carbocycles. The van der Waals surface area contributed by atoms with E-state index in [1.165, 1.54) is 0 Å². The third-order valence-electron chi connectivity index (χ3n) is 2.84. The minimum absolute atomic E-state index is 0.215. The van der Waals surface area contributed by atoms with Gasteiger partial charge in [-0.25, -0.2) is 4.98 Å². The molecule has 0 aliphatic rings. The molecule has 0 saturated heterocycles. The first-order valence-corrected chi connectivity index (χ1v) is 6.91. The third-order valence-corrected chi connectivity index (χ3v) is 3.21. The van der Waals surface area contributed by atoms with Crippen LogP contribution in [0.3, 0.4) is 0 Å². The Hall–Kier alpha value is -2.33. The first kappa shape index (κ1) is 15.1. The minimum Gasteiger partial charge on any atom is -0.380 e. The molecule has 0 unspecified atom stereocenters. The van der Waals surface area contributed by atoms with Crippen molar-refractivity contribution >= 4 is 23.2 Å². The van der Waals surface area contributed by atoms with Gasteiger partial charge in [0.05, 0.1) is 11.9 Å². The van der Waals surface area contributed by atoms with Crippen LogP contribution >= 0.6 is 11.6 Å². The molecule has 0 aliphatic heterocycles. The molecule has 0 radical (unpaired) electrons. The second-order valence-electron chi connectivity index (χ2n) is 4.38. The molecule has 5 heteroatoms. The first-order valence-electron chi connectivity index (χ1n) is 6.53. The molecule has 1 amide bonds. The smallest absolute Gasteiger partial charge is 0.270 e. The van der Waals surface area contributed by atoms with Crippen LogP contribution in [-0.4, -0.2) is 17.4 Å². The van der Waals surface area contributed by atoms with Crippen molar-refractivity contribution in [2.75, 3.05) is 11.9 Å². The highest BCUT2D eigenvalue weighted by atomic mass is 35.5. The van der Waals surface area contributed by atoms with Crippen molar-refractivity contribution in [2.45, 2.75) is 6.54 Å². The van der Waals surface area contributed by atoms with E-state index in [9.17, 15) is 4.79 Å². The molecule has 108 valence electrons. The van der Waals surface area contributed by atoms with Crippen LogP contribution in [-0.2, 0) is 6.54 Å². The van der Waals surface area contributed by atoms with Crippen molar-refractivity contribution in [1.29, 1.82) is 0 Å². The van der Waals surface area contributed by atoms with E-state index in [-0.39, 0.29) is 5.91 Å². The molecule has 1 heterocycles. The maximum Gasteiger partial charge on any atom is 0.270 e. The second kappa shape index (κ2) is 7.45. The molecule has 21 heavy (non-hydrogen) atoms. The van der Waals surface area contributed by atoms with Gasteiger partial charge in [0.15, 0.2) is 0 Å². The molecule has 0 saturated carbocycles. The average molecular weight is 302 g/mol. The number of aromatic nitrogens is 1. The molecule has 0 spiro atoms. The summed E-state index contributed by atoms with van der Waals surface area (Å²) in [6.45, 7) is 4.57. The number of benzene rings is 1. The SMILES string of the molecule is C=CCNC(=O)c1ccc(NCc2ccccc2Cl)cn1. The van der Waals surface area contributed by atoms with Gasteiger partial charge in [-0.05, 0) is 23.8 Å². The van der Waals surface area contributed by atoms with Gasteiger partial charge in [0, 0.05) is 18.1 Å². The highest BCUT2D eigenvalue weighted by Gasteiger charge is 2.05. The highest BCUT2D eigenvalue weighted by Crippen LogP contribution is 2.16. The van der Waals surface area contributed by atoms with E-state index in [0.717, 1.165) is 16.3 Å². The van der Waals surface area contributed by atoms with E-state index in [2.05, 4.69) is 22.2 Å². The molecule has 2 N–H and O–H groups in total. The highest BCUT2D eigenvalue weighted by molar-refractivity contribution is 6.31. The number of rotatable bonds is 6. The molecule has 4 nitrogen and oxygen atoms in total. The topological polar surface area (TPSA) is 54.0 Å². The van der Waals surface area contributed by atoms with E-state index in [0.29, 0.717) is 18.8 Å². The number of carbonyl (C=O) groups is 1. The second-order valence-corrected chi connectivity index (χ2v) is 4.78. The number of hydrogen-bond acceptors (Lipinski definition) is 3. The van der Waals surface area contributed by atoms with Gasteiger partial charge < -0.3 is 10.6 Å². The Balaban J connectivity index is 1.95. The van der Waals surface area contributed by atoms with Crippen LogP contribution in [0.2, 0.25) is 5.02 Å². The lowest BCUT2D eigenvalue weighted by Gasteiger charge is -2.08. The first-order chi connectivity index (χ1) is 10.2. The van der Waals surface area contributed by atoms with Crippen molar-refractivity contribution in [1.82, 2.24) is 10.3 Å². The standard InChI is InChI=1S/C16H16ClN3O/c1-2-9-18-16(21)15-8-7-13(11-20-15)19-10-12-5-3-4-6-14(12)17/h2-8,11,19H,1,9-10H2,(H,18,21). The quantitative estimate of drug-likeness (QED) is 0.805. The van der Waals surface area contributed by atoms with Crippen LogP contribution in [0.15, 0.2) is 55.3 Å². The Bertz CT molecular complexity index is 626. The summed E-state index contributed by atoms with van der Waals surface area (Å²) in [5.74, 6) is -0.215. The van der Waals surface area contributed by atoms with Crippen molar-refractivity contribution < 1.29 is 4.79 Å². The Morgan fingerprint density at radius 3 is 2.76 bits per heavy atom. The van der Waals surface area contributed by atoms with Gasteiger partial charge in [0.2, 0.25) is 0 Å². The predicted octanol–water partition coefficient (Wildman–Crippen LogP) is 3.26. The summed E-state index contributed by atoms with van der Waals surface area (Å²) in [7, 11) is 0. The fourth-order valence-corrected chi connectivity index (χ4v) is 1.93. The molecule has 0 atom stereocenters. The molecular formula is C16H16ClN3O. The fourth-order valence-electron chi connectivity index (χ4n) is 1.73. The summed E-state index contributed by atoms with van der Waals surface area (Å²) in [5, 5.41) is 6.61. The number of amides is 1. The zero-order chi connectivity index (χ0) is 15.1. The van der Waals surface area contributed by atoms with Crippen LogP contribution in [0.1, 0.15) is 16.1 Å². The van der Waals surface area contributed by atoms with Crippen molar-refractivity contribution in [3.63, 3.8) is 0 Å². The van der Waals surface area contributed by atoms with Crippen molar-refractivity contribution in [3.05, 3.63) is 71.5 Å². The molecule has 2 aromatic rings. The number of anilines is 1. The van der Waals surface area contributed by atoms with E-state index >= 15 is 0 Å². The number of pyridine rings is 1. The van der Waals surface area contributed by atoms with Crippen molar-refractivity contribution in [3.8, 4) is 0 Å². The van der Waals surface area contributed by atoms with Gasteiger partial charge in [-0.1, -0.05) is 35.9 Å². The van der Waals surface area contributed by atoms with E-state index < -0.39 is 0 Å². The molecule has 1 aromatic carbocycles. The Morgan fingerprint density at radius 2 is 2.10 bits per heavy atom. The van der Waals surface area contributed by atoms with Gasteiger partial charge in [0.1, 0.15) is 5.69 Å². The largest absolute Gasteiger partial charge is 0.380 e. The number of halogens is 1. The van der Waals surface area contributed by atoms with Gasteiger partial charge in [-0.15, -0.1) is 6.58 Å². The van der Waals surface area contributed by atoms with Crippen LogP contribution < -0.4 is 10.6 Å². The summed E-state index contributed by atoms with van der Waals surface area (Å²) in [6, 6.07) is 11.1. The number of nitrogens with zero attached hydrogens (tertiary/aromatic N) is 1. The van der Waals surface area contributed by atoms with Gasteiger partial charge >= 0.3 is 0 Å². The van der Waals surface area contributed by atoms with Crippen LogP contribution in [0, 0.1) is 0 Å². The van der Waals surface area contributed by atoms with Crippen molar-refractivity contribution in [2.24, 2.45) is 0 Å². The lowest BCUT2D eigenvalue weighted by Crippen LogP contribution is -2.24. The lowest BCUT2D eigenvalue weighted by molar-refractivity contribution is 0.0953. The Kier molecular flexibility index (Phi) is 5.35. The molecule has 0 bridgehead atoms. The van der Waals surface area contributed by atoms with Gasteiger partial charge in [-0.3, -0.25) is 4.79 Å². The predicted molar refractivity (Wildman–Crippen MR) is 85.5 cm³/mol. The van der Waals surface area contributed by atoms with Gasteiger partial charge in [-0.2, -0.15) is 0 Å².